The number of nitrogens with zero attached hydrogens (tertiary/aromatic N) is 3. The van der Waals surface area contributed by atoms with Gasteiger partial charge in [-0.15, -0.1) is 0 Å². The number of sulfonamides is 1. The van der Waals surface area contributed by atoms with E-state index in [9.17, 15) is 8.42 Å². The summed E-state index contributed by atoms with van der Waals surface area (Å²) in [6.07, 6.45) is 2.68. The molecule has 4 rings (SSSR count). The summed E-state index contributed by atoms with van der Waals surface area (Å²) < 4.78 is 45.0. The van der Waals surface area contributed by atoms with E-state index >= 15 is 0 Å². The summed E-state index contributed by atoms with van der Waals surface area (Å²) in [6.45, 7) is 6.13. The fourth-order valence-corrected chi connectivity index (χ4v) is 5.57. The second kappa shape index (κ2) is 9.72. The molecule has 1 saturated heterocycles. The summed E-state index contributed by atoms with van der Waals surface area (Å²) in [6, 6.07) is 6.49. The minimum atomic E-state index is -3.61. The van der Waals surface area contributed by atoms with Gasteiger partial charge in [-0.3, -0.25) is 0 Å². The van der Waals surface area contributed by atoms with Crippen LogP contribution < -0.4 is 9.47 Å². The smallest absolute Gasteiger partial charge is 0.243 e. The third-order valence-electron chi connectivity index (χ3n) is 5.88. The Hall–Kier alpha value is -2.23. The Morgan fingerprint density at radius 3 is 2.59 bits per heavy atom. The molecule has 1 fully saturated rings. The van der Waals surface area contributed by atoms with Crippen LogP contribution in [0.15, 0.2) is 29.2 Å². The average Bonchev–Trinajstić information content (AvgIpc) is 3.05. The van der Waals surface area contributed by atoms with Crippen molar-refractivity contribution in [2.24, 2.45) is 0 Å². The van der Waals surface area contributed by atoms with Gasteiger partial charge in [0.05, 0.1) is 37.5 Å². The van der Waals surface area contributed by atoms with Crippen molar-refractivity contribution in [3.63, 3.8) is 0 Å². The summed E-state index contributed by atoms with van der Waals surface area (Å²) in [4.78, 5) is 9.72. The molecule has 0 amide bonds. The summed E-state index contributed by atoms with van der Waals surface area (Å²) in [7, 11) is -2.06. The Balaban J connectivity index is 1.56. The van der Waals surface area contributed by atoms with Gasteiger partial charge in [-0.25, -0.2) is 13.4 Å². The summed E-state index contributed by atoms with van der Waals surface area (Å²) in [5, 5.41) is 0. The first-order chi connectivity index (χ1) is 15.4. The zero-order valence-corrected chi connectivity index (χ0v) is 19.7. The minimum Gasteiger partial charge on any atom is -0.497 e. The predicted octanol–water partition coefficient (Wildman–Crippen LogP) is 2.96. The van der Waals surface area contributed by atoms with E-state index in [0.717, 1.165) is 36.3 Å². The van der Waals surface area contributed by atoms with Crippen LogP contribution in [0, 0.1) is 0 Å². The number of benzene rings is 1. The van der Waals surface area contributed by atoms with Gasteiger partial charge in [-0.2, -0.15) is 9.29 Å². The van der Waals surface area contributed by atoms with Crippen LogP contribution in [0.1, 0.15) is 49.7 Å². The van der Waals surface area contributed by atoms with Gasteiger partial charge in [0.15, 0.2) is 0 Å². The third-order valence-corrected chi connectivity index (χ3v) is 7.76. The van der Waals surface area contributed by atoms with E-state index in [0.29, 0.717) is 44.4 Å². The van der Waals surface area contributed by atoms with Crippen LogP contribution >= 0.6 is 0 Å². The van der Waals surface area contributed by atoms with Gasteiger partial charge in [-0.1, -0.05) is 13.8 Å². The lowest BCUT2D eigenvalue weighted by Crippen LogP contribution is -2.44. The average molecular weight is 462 g/mol. The molecule has 1 aromatic carbocycles. The van der Waals surface area contributed by atoms with E-state index < -0.39 is 10.0 Å². The second-order valence-corrected chi connectivity index (χ2v) is 10.4. The van der Waals surface area contributed by atoms with E-state index in [1.807, 2.05) is 0 Å². The molecule has 2 aliphatic heterocycles. The van der Waals surface area contributed by atoms with Gasteiger partial charge in [0.1, 0.15) is 17.7 Å². The number of hydrogen-bond acceptors (Lipinski definition) is 7. The van der Waals surface area contributed by atoms with Crippen LogP contribution in [0.5, 0.6) is 11.6 Å². The molecule has 8 nitrogen and oxygen atoms in total. The Bertz CT molecular complexity index is 1040. The van der Waals surface area contributed by atoms with Crippen molar-refractivity contribution in [3.8, 4) is 11.6 Å². The van der Waals surface area contributed by atoms with E-state index in [-0.39, 0.29) is 16.9 Å². The standard InChI is InChI=1S/C23H31N3O5S/c1-16(2)22-24-21-11-14-30-13-10-20(21)23(25-22)31-18-5-4-12-26(15-18)32(27,28)19-8-6-17(29-3)7-9-19/h6-9,16,18H,4-5,10-15H2,1-3H3. The highest BCUT2D eigenvalue weighted by Crippen LogP contribution is 2.29. The molecule has 2 aromatic rings. The molecular weight excluding hydrogens is 430 g/mol. The molecular formula is C23H31N3O5S. The number of methoxy groups -OCH3 is 1. The van der Waals surface area contributed by atoms with E-state index in [1.54, 1.807) is 31.4 Å². The van der Waals surface area contributed by atoms with Crippen LogP contribution in [0.2, 0.25) is 0 Å². The molecule has 0 N–H and O–H groups in total. The topological polar surface area (TPSA) is 90.9 Å². The van der Waals surface area contributed by atoms with Gasteiger partial charge in [0, 0.05) is 30.9 Å². The van der Waals surface area contributed by atoms with E-state index in [4.69, 9.17) is 24.2 Å². The van der Waals surface area contributed by atoms with Gasteiger partial charge < -0.3 is 14.2 Å². The summed E-state index contributed by atoms with van der Waals surface area (Å²) in [5.41, 5.74) is 1.97. The normalized spacial score (nSPS) is 19.9. The van der Waals surface area contributed by atoms with Gasteiger partial charge in [0.25, 0.3) is 0 Å². The molecule has 0 radical (unpaired) electrons. The zero-order chi connectivity index (χ0) is 22.7. The number of hydrogen-bond donors (Lipinski definition) is 0. The molecule has 0 saturated carbocycles. The van der Waals surface area contributed by atoms with Crippen molar-refractivity contribution >= 4 is 10.0 Å². The molecule has 1 aromatic heterocycles. The molecule has 1 unspecified atom stereocenters. The Morgan fingerprint density at radius 1 is 1.12 bits per heavy atom. The second-order valence-electron chi connectivity index (χ2n) is 8.50. The van der Waals surface area contributed by atoms with Gasteiger partial charge in [-0.05, 0) is 37.1 Å². The highest BCUT2D eigenvalue weighted by atomic mass is 32.2. The van der Waals surface area contributed by atoms with E-state index in [2.05, 4.69) is 13.8 Å². The maximum absolute atomic E-state index is 13.2. The quantitative estimate of drug-likeness (QED) is 0.653. The largest absolute Gasteiger partial charge is 0.497 e. The molecule has 32 heavy (non-hydrogen) atoms. The first-order valence-electron chi connectivity index (χ1n) is 11.2. The lowest BCUT2D eigenvalue weighted by atomic mass is 10.1. The Morgan fingerprint density at radius 2 is 1.88 bits per heavy atom. The predicted molar refractivity (Wildman–Crippen MR) is 120 cm³/mol. The fourth-order valence-electron chi connectivity index (χ4n) is 4.06. The number of ether oxygens (including phenoxy) is 3. The fraction of sp³-hybridized carbons (Fsp3) is 0.565. The van der Waals surface area contributed by atoms with Crippen molar-refractivity contribution in [3.05, 3.63) is 41.3 Å². The monoisotopic (exact) mass is 461 g/mol. The Labute approximate surface area is 190 Å². The Kier molecular flexibility index (Phi) is 6.97. The molecule has 1 atom stereocenters. The first kappa shape index (κ1) is 22.9. The summed E-state index contributed by atoms with van der Waals surface area (Å²) in [5.74, 6) is 2.13. The van der Waals surface area contributed by atoms with E-state index in [1.165, 1.54) is 4.31 Å². The maximum atomic E-state index is 13.2. The van der Waals surface area contributed by atoms with Crippen molar-refractivity contribution < 1.29 is 22.6 Å². The number of piperidine rings is 1. The van der Waals surface area contributed by atoms with Crippen molar-refractivity contribution in [2.45, 2.75) is 56.4 Å². The highest BCUT2D eigenvalue weighted by molar-refractivity contribution is 7.89. The highest BCUT2D eigenvalue weighted by Gasteiger charge is 2.32. The summed E-state index contributed by atoms with van der Waals surface area (Å²) >= 11 is 0. The van der Waals surface area contributed by atoms with Crippen LogP contribution in [-0.4, -0.2) is 62.2 Å². The van der Waals surface area contributed by atoms with Gasteiger partial charge >= 0.3 is 0 Å². The van der Waals surface area contributed by atoms with Crippen molar-refractivity contribution in [1.29, 1.82) is 0 Å². The zero-order valence-electron chi connectivity index (χ0n) is 18.9. The van der Waals surface area contributed by atoms with Crippen LogP contribution in [0.25, 0.3) is 0 Å². The molecule has 9 heteroatoms. The number of rotatable bonds is 6. The maximum Gasteiger partial charge on any atom is 0.243 e. The first-order valence-corrected chi connectivity index (χ1v) is 12.6. The van der Waals surface area contributed by atoms with Crippen molar-refractivity contribution in [1.82, 2.24) is 14.3 Å². The molecule has 174 valence electrons. The molecule has 3 heterocycles. The lowest BCUT2D eigenvalue weighted by molar-refractivity contribution is 0.121. The lowest BCUT2D eigenvalue weighted by Gasteiger charge is -2.32. The third kappa shape index (κ3) is 4.89. The molecule has 0 aliphatic carbocycles. The van der Waals surface area contributed by atoms with Crippen LogP contribution in [-0.2, 0) is 27.6 Å². The molecule has 2 aliphatic rings. The number of fused-ring (bicyclic) bond motifs is 1. The van der Waals surface area contributed by atoms with Crippen LogP contribution in [0.4, 0.5) is 0 Å². The van der Waals surface area contributed by atoms with Crippen LogP contribution in [0.3, 0.4) is 0 Å². The molecule has 0 bridgehead atoms. The molecule has 0 spiro atoms. The van der Waals surface area contributed by atoms with Crippen molar-refractivity contribution in [2.75, 3.05) is 33.4 Å². The number of aromatic nitrogens is 2. The SMILES string of the molecule is COc1ccc(S(=O)(=O)N2CCCC(Oc3nc(C(C)C)nc4c3CCOCC4)C2)cc1. The van der Waals surface area contributed by atoms with Gasteiger partial charge in [0.2, 0.25) is 15.9 Å². The minimum absolute atomic E-state index is 0.171.